The van der Waals surface area contributed by atoms with Gasteiger partial charge in [-0.25, -0.2) is 0 Å². The van der Waals surface area contributed by atoms with E-state index in [2.05, 4.69) is 29.2 Å². The van der Waals surface area contributed by atoms with Crippen molar-refractivity contribution in [3.05, 3.63) is 65.9 Å². The number of amides is 1. The predicted octanol–water partition coefficient (Wildman–Crippen LogP) is 3.56. The molecule has 0 spiro atoms. The first-order valence-electron chi connectivity index (χ1n) is 8.05. The van der Waals surface area contributed by atoms with Crippen molar-refractivity contribution >= 4 is 39.9 Å². The van der Waals surface area contributed by atoms with Gasteiger partial charge in [0, 0.05) is 16.6 Å². The summed E-state index contributed by atoms with van der Waals surface area (Å²) < 4.78 is 5.56. The van der Waals surface area contributed by atoms with Crippen LogP contribution in [0.1, 0.15) is 18.1 Å². The van der Waals surface area contributed by atoms with Gasteiger partial charge in [0.25, 0.3) is 0 Å². The lowest BCUT2D eigenvalue weighted by atomic mass is 10.1. The van der Waals surface area contributed by atoms with Crippen LogP contribution in [-0.4, -0.2) is 11.0 Å². The molecular formula is C19H19N3O2S. The van der Waals surface area contributed by atoms with Gasteiger partial charge in [-0.2, -0.15) is 0 Å². The van der Waals surface area contributed by atoms with E-state index in [4.69, 9.17) is 16.6 Å². The summed E-state index contributed by atoms with van der Waals surface area (Å²) in [5.41, 5.74) is 9.00. The van der Waals surface area contributed by atoms with Crippen LogP contribution in [0.25, 0.3) is 11.0 Å². The van der Waals surface area contributed by atoms with Gasteiger partial charge < -0.3 is 9.73 Å². The number of aryl methyl sites for hydroxylation is 1. The van der Waals surface area contributed by atoms with Crippen LogP contribution >= 0.6 is 12.2 Å². The van der Waals surface area contributed by atoms with E-state index in [1.54, 1.807) is 6.26 Å². The summed E-state index contributed by atoms with van der Waals surface area (Å²) in [5.74, 6) is -0.195. The minimum absolute atomic E-state index is 0.195. The number of rotatable bonds is 4. The Morgan fingerprint density at radius 2 is 1.92 bits per heavy atom. The molecule has 1 heterocycles. The third-order valence-corrected chi connectivity index (χ3v) is 4.03. The molecule has 1 aromatic heterocycles. The van der Waals surface area contributed by atoms with Gasteiger partial charge in [0.2, 0.25) is 5.91 Å². The molecule has 0 unspecified atom stereocenters. The summed E-state index contributed by atoms with van der Waals surface area (Å²) in [5, 5.41) is 4.26. The highest BCUT2D eigenvalue weighted by molar-refractivity contribution is 7.80. The molecule has 5 nitrogen and oxygen atoms in total. The van der Waals surface area contributed by atoms with Gasteiger partial charge in [0.1, 0.15) is 5.58 Å². The zero-order valence-corrected chi connectivity index (χ0v) is 14.7. The molecule has 0 saturated carbocycles. The number of carbonyl (C=O) groups excluding carboxylic acids is 1. The van der Waals surface area contributed by atoms with Crippen molar-refractivity contribution in [1.29, 1.82) is 0 Å². The number of hydrogen-bond acceptors (Lipinski definition) is 3. The summed E-state index contributed by atoms with van der Waals surface area (Å²) in [7, 11) is 0. The second-order valence-electron chi connectivity index (χ2n) is 5.62. The van der Waals surface area contributed by atoms with Crippen LogP contribution in [0.15, 0.2) is 59.2 Å². The number of para-hydroxylation sites is 1. The Kier molecular flexibility index (Phi) is 5.30. The first kappa shape index (κ1) is 17.0. The van der Waals surface area contributed by atoms with Gasteiger partial charge in [-0.05, 0) is 42.4 Å². The van der Waals surface area contributed by atoms with Crippen molar-refractivity contribution in [2.75, 3.05) is 5.32 Å². The number of nitrogens with one attached hydrogen (secondary N) is 3. The van der Waals surface area contributed by atoms with Crippen LogP contribution in [0.4, 0.5) is 5.69 Å². The van der Waals surface area contributed by atoms with E-state index in [0.717, 1.165) is 28.6 Å². The van der Waals surface area contributed by atoms with Crippen LogP contribution in [0.3, 0.4) is 0 Å². The quantitative estimate of drug-likeness (QED) is 0.494. The number of carbonyl (C=O) groups is 1. The fraction of sp³-hybridized carbons (Fsp3) is 0.158. The van der Waals surface area contributed by atoms with Gasteiger partial charge in [-0.1, -0.05) is 37.3 Å². The number of benzene rings is 2. The van der Waals surface area contributed by atoms with E-state index < -0.39 is 0 Å². The predicted molar refractivity (Wildman–Crippen MR) is 103 cm³/mol. The Morgan fingerprint density at radius 3 is 2.68 bits per heavy atom. The number of thiocarbonyl (C=S) groups is 1. The van der Waals surface area contributed by atoms with Crippen molar-refractivity contribution < 1.29 is 9.21 Å². The van der Waals surface area contributed by atoms with Crippen molar-refractivity contribution in [3.63, 3.8) is 0 Å². The maximum atomic E-state index is 12.1. The van der Waals surface area contributed by atoms with Crippen molar-refractivity contribution in [3.8, 4) is 0 Å². The van der Waals surface area contributed by atoms with E-state index in [0.29, 0.717) is 5.11 Å². The van der Waals surface area contributed by atoms with E-state index in [1.807, 2.05) is 42.5 Å². The second kappa shape index (κ2) is 7.81. The lowest BCUT2D eigenvalue weighted by Crippen LogP contribution is -2.44. The number of furan rings is 1. The molecule has 0 aliphatic rings. The molecule has 3 rings (SSSR count). The lowest BCUT2D eigenvalue weighted by molar-refractivity contribution is -0.120. The Labute approximate surface area is 151 Å². The van der Waals surface area contributed by atoms with Crippen molar-refractivity contribution in [2.24, 2.45) is 0 Å². The maximum Gasteiger partial charge on any atom is 0.242 e. The Balaban J connectivity index is 1.55. The standard InChI is InChI=1S/C19H19N3O2S/c1-2-13-8-9-16-14(12-24-17(16)10-13)11-18(23)21-22-19(25)20-15-6-4-3-5-7-15/h3-10,12H,2,11H2,1H3,(H,21,23)(H2,20,22,25). The molecule has 128 valence electrons. The first-order chi connectivity index (χ1) is 12.2. The van der Waals surface area contributed by atoms with Crippen LogP contribution < -0.4 is 16.2 Å². The van der Waals surface area contributed by atoms with Crippen LogP contribution in [0.2, 0.25) is 0 Å². The molecule has 3 N–H and O–H groups in total. The van der Waals surface area contributed by atoms with Gasteiger partial charge in [0.05, 0.1) is 12.7 Å². The largest absolute Gasteiger partial charge is 0.464 e. The highest BCUT2D eigenvalue weighted by atomic mass is 32.1. The second-order valence-corrected chi connectivity index (χ2v) is 6.02. The maximum absolute atomic E-state index is 12.1. The Hall–Kier alpha value is -2.86. The van der Waals surface area contributed by atoms with Crippen molar-refractivity contribution in [1.82, 2.24) is 10.9 Å². The molecule has 0 aliphatic carbocycles. The molecule has 0 bridgehead atoms. The summed E-state index contributed by atoms with van der Waals surface area (Å²) in [4.78, 5) is 12.1. The Bertz CT molecular complexity index is 890. The first-order valence-corrected chi connectivity index (χ1v) is 8.46. The molecule has 0 aliphatic heterocycles. The summed E-state index contributed by atoms with van der Waals surface area (Å²) >= 11 is 5.15. The van der Waals surface area contributed by atoms with E-state index in [9.17, 15) is 4.79 Å². The topological polar surface area (TPSA) is 66.3 Å². The molecule has 3 aromatic rings. The minimum Gasteiger partial charge on any atom is -0.464 e. The fourth-order valence-electron chi connectivity index (χ4n) is 2.51. The zero-order valence-electron chi connectivity index (χ0n) is 13.8. The van der Waals surface area contributed by atoms with Crippen LogP contribution in [0.5, 0.6) is 0 Å². The highest BCUT2D eigenvalue weighted by Crippen LogP contribution is 2.23. The van der Waals surface area contributed by atoms with E-state index in [1.165, 1.54) is 5.56 Å². The van der Waals surface area contributed by atoms with Gasteiger partial charge >= 0.3 is 0 Å². The fourth-order valence-corrected chi connectivity index (χ4v) is 2.68. The van der Waals surface area contributed by atoms with Crippen molar-refractivity contribution in [2.45, 2.75) is 19.8 Å². The molecule has 0 saturated heterocycles. The van der Waals surface area contributed by atoms with Crippen LogP contribution in [-0.2, 0) is 17.6 Å². The van der Waals surface area contributed by atoms with E-state index >= 15 is 0 Å². The minimum atomic E-state index is -0.195. The zero-order chi connectivity index (χ0) is 17.6. The molecule has 0 fully saturated rings. The third-order valence-electron chi connectivity index (χ3n) is 3.83. The number of anilines is 1. The SMILES string of the molecule is CCc1ccc2c(CC(=O)NNC(=S)Nc3ccccc3)coc2c1. The Morgan fingerprint density at radius 1 is 1.12 bits per heavy atom. The molecule has 1 amide bonds. The van der Waals surface area contributed by atoms with Gasteiger partial charge in [0.15, 0.2) is 5.11 Å². The average molecular weight is 353 g/mol. The molecular weight excluding hydrogens is 334 g/mol. The third kappa shape index (κ3) is 4.36. The summed E-state index contributed by atoms with van der Waals surface area (Å²) in [6.07, 6.45) is 2.78. The molecule has 0 atom stereocenters. The summed E-state index contributed by atoms with van der Waals surface area (Å²) in [6, 6.07) is 15.5. The smallest absolute Gasteiger partial charge is 0.242 e. The lowest BCUT2D eigenvalue weighted by Gasteiger charge is -2.11. The normalized spacial score (nSPS) is 10.4. The summed E-state index contributed by atoms with van der Waals surface area (Å²) in [6.45, 7) is 2.09. The monoisotopic (exact) mass is 353 g/mol. The van der Waals surface area contributed by atoms with E-state index in [-0.39, 0.29) is 12.3 Å². The number of fused-ring (bicyclic) bond motifs is 1. The molecule has 0 radical (unpaired) electrons. The highest BCUT2D eigenvalue weighted by Gasteiger charge is 2.11. The molecule has 6 heteroatoms. The molecule has 2 aromatic carbocycles. The van der Waals surface area contributed by atoms with Gasteiger partial charge in [-0.15, -0.1) is 0 Å². The van der Waals surface area contributed by atoms with Crippen LogP contribution in [0, 0.1) is 0 Å². The average Bonchev–Trinajstić information content (AvgIpc) is 3.03. The number of hydrazine groups is 1. The molecule has 25 heavy (non-hydrogen) atoms. The van der Waals surface area contributed by atoms with Gasteiger partial charge in [-0.3, -0.25) is 15.6 Å². The number of hydrogen-bond donors (Lipinski definition) is 3.